The van der Waals surface area contributed by atoms with Crippen LogP contribution in [0.5, 0.6) is 11.5 Å². The van der Waals surface area contributed by atoms with E-state index in [9.17, 15) is 18.9 Å². The van der Waals surface area contributed by atoms with Crippen LogP contribution in [0.4, 0.5) is 14.5 Å². The van der Waals surface area contributed by atoms with Gasteiger partial charge in [-0.2, -0.15) is 8.78 Å². The van der Waals surface area contributed by atoms with Crippen molar-refractivity contribution in [3.63, 3.8) is 0 Å². The predicted octanol–water partition coefficient (Wildman–Crippen LogP) is 2.98. The van der Waals surface area contributed by atoms with E-state index in [1.54, 1.807) is 13.8 Å². The van der Waals surface area contributed by atoms with Gasteiger partial charge < -0.3 is 9.47 Å². The van der Waals surface area contributed by atoms with Crippen LogP contribution in [-0.2, 0) is 0 Å². The fourth-order valence-electron chi connectivity index (χ4n) is 1.15. The molecule has 17 heavy (non-hydrogen) atoms. The molecule has 0 atom stereocenters. The van der Waals surface area contributed by atoms with Crippen molar-refractivity contribution in [2.24, 2.45) is 0 Å². The quantitative estimate of drug-likeness (QED) is 0.592. The first kappa shape index (κ1) is 13.1. The Balaban J connectivity index is 3.07. The zero-order chi connectivity index (χ0) is 13.0. The Bertz CT molecular complexity index is 409. The van der Waals surface area contributed by atoms with E-state index in [0.717, 1.165) is 12.1 Å². The molecule has 94 valence electrons. The highest BCUT2D eigenvalue weighted by Gasteiger charge is 2.16. The molecule has 0 N–H and O–H groups in total. The van der Waals surface area contributed by atoms with E-state index in [0.29, 0.717) is 0 Å². The zero-order valence-electron chi connectivity index (χ0n) is 9.22. The maximum atomic E-state index is 12.1. The van der Waals surface area contributed by atoms with E-state index in [4.69, 9.17) is 4.74 Å². The van der Waals surface area contributed by atoms with Crippen molar-refractivity contribution in [1.82, 2.24) is 0 Å². The lowest BCUT2D eigenvalue weighted by Crippen LogP contribution is -2.09. The number of non-ortho nitro benzene ring substituents is 1. The SMILES string of the molecule is CC(C)Oc1ccc([N+](=O)[O-])cc1OC(F)F. The molecular formula is C10H11F2NO4. The first-order valence-electron chi connectivity index (χ1n) is 4.80. The molecule has 0 aliphatic heterocycles. The number of nitro benzene ring substituents is 1. The van der Waals surface area contributed by atoms with E-state index in [-0.39, 0.29) is 23.3 Å². The van der Waals surface area contributed by atoms with E-state index in [1.165, 1.54) is 6.07 Å². The van der Waals surface area contributed by atoms with Crippen LogP contribution in [0.25, 0.3) is 0 Å². The fraction of sp³-hybridized carbons (Fsp3) is 0.400. The first-order chi connectivity index (χ1) is 7.90. The molecule has 0 saturated heterocycles. The highest BCUT2D eigenvalue weighted by molar-refractivity contribution is 5.48. The van der Waals surface area contributed by atoms with Gasteiger partial charge in [-0.25, -0.2) is 0 Å². The Hall–Kier alpha value is -1.92. The molecular weight excluding hydrogens is 236 g/mol. The first-order valence-corrected chi connectivity index (χ1v) is 4.80. The van der Waals surface area contributed by atoms with Crippen LogP contribution in [0, 0.1) is 10.1 Å². The van der Waals surface area contributed by atoms with Crippen LogP contribution in [0.15, 0.2) is 18.2 Å². The summed E-state index contributed by atoms with van der Waals surface area (Å²) in [7, 11) is 0. The van der Waals surface area contributed by atoms with Gasteiger partial charge in [-0.15, -0.1) is 0 Å². The van der Waals surface area contributed by atoms with Crippen LogP contribution in [0.3, 0.4) is 0 Å². The van der Waals surface area contributed by atoms with Crippen molar-refractivity contribution in [3.05, 3.63) is 28.3 Å². The Morgan fingerprint density at radius 2 is 1.88 bits per heavy atom. The summed E-state index contributed by atoms with van der Waals surface area (Å²) in [6, 6.07) is 3.30. The summed E-state index contributed by atoms with van der Waals surface area (Å²) in [6.45, 7) is 0.340. The molecule has 1 aromatic carbocycles. The Kier molecular flexibility index (Phi) is 4.19. The predicted molar refractivity (Wildman–Crippen MR) is 55.5 cm³/mol. The average molecular weight is 247 g/mol. The van der Waals surface area contributed by atoms with Gasteiger partial charge in [0.05, 0.1) is 17.1 Å². The molecule has 5 nitrogen and oxygen atoms in total. The number of benzene rings is 1. The summed E-state index contributed by atoms with van der Waals surface area (Å²) in [5.74, 6) is -0.297. The van der Waals surface area contributed by atoms with Gasteiger partial charge in [-0.3, -0.25) is 10.1 Å². The maximum absolute atomic E-state index is 12.1. The number of rotatable bonds is 5. The minimum Gasteiger partial charge on any atom is -0.487 e. The number of alkyl halides is 2. The third kappa shape index (κ3) is 3.86. The molecule has 1 rings (SSSR count). The molecule has 0 amide bonds. The van der Waals surface area contributed by atoms with Crippen molar-refractivity contribution < 1.29 is 23.2 Å². The largest absolute Gasteiger partial charge is 0.487 e. The molecule has 0 aliphatic rings. The second-order valence-corrected chi connectivity index (χ2v) is 3.43. The van der Waals surface area contributed by atoms with Gasteiger partial charge in [0.2, 0.25) is 0 Å². The number of hydrogen-bond donors (Lipinski definition) is 0. The van der Waals surface area contributed by atoms with Crippen LogP contribution < -0.4 is 9.47 Å². The standard InChI is InChI=1S/C10H11F2NO4/c1-6(2)16-8-4-3-7(13(14)15)5-9(8)17-10(11)12/h3-6,10H,1-2H3. The monoisotopic (exact) mass is 247 g/mol. The van der Waals surface area contributed by atoms with Crippen LogP contribution in [-0.4, -0.2) is 17.6 Å². The molecule has 0 fully saturated rings. The Morgan fingerprint density at radius 3 is 2.35 bits per heavy atom. The van der Waals surface area contributed by atoms with Gasteiger partial charge in [0.25, 0.3) is 5.69 Å². The molecule has 0 spiro atoms. The number of ether oxygens (including phenoxy) is 2. The minimum atomic E-state index is -3.06. The molecule has 1 aromatic rings. The number of nitrogens with zero attached hydrogens (tertiary/aromatic N) is 1. The van der Waals surface area contributed by atoms with E-state index in [1.807, 2.05) is 0 Å². The second kappa shape index (κ2) is 5.42. The topological polar surface area (TPSA) is 61.6 Å². The van der Waals surface area contributed by atoms with E-state index >= 15 is 0 Å². The molecule has 0 bridgehead atoms. The fourth-order valence-corrected chi connectivity index (χ4v) is 1.15. The van der Waals surface area contributed by atoms with Gasteiger partial charge in [0.1, 0.15) is 0 Å². The molecule has 0 aliphatic carbocycles. The highest BCUT2D eigenvalue weighted by Crippen LogP contribution is 2.33. The molecule has 0 heterocycles. The number of nitro groups is 1. The number of hydrogen-bond acceptors (Lipinski definition) is 4. The summed E-state index contributed by atoms with van der Waals surface area (Å²) < 4.78 is 33.6. The Morgan fingerprint density at radius 1 is 1.24 bits per heavy atom. The molecule has 7 heteroatoms. The average Bonchev–Trinajstić information content (AvgIpc) is 2.18. The van der Waals surface area contributed by atoms with Crippen molar-refractivity contribution in [3.8, 4) is 11.5 Å². The lowest BCUT2D eigenvalue weighted by atomic mass is 10.3. The Labute approximate surface area is 96.1 Å². The van der Waals surface area contributed by atoms with E-state index < -0.39 is 11.5 Å². The highest BCUT2D eigenvalue weighted by atomic mass is 19.3. The second-order valence-electron chi connectivity index (χ2n) is 3.43. The lowest BCUT2D eigenvalue weighted by Gasteiger charge is -2.14. The normalized spacial score (nSPS) is 10.7. The molecule has 0 aromatic heterocycles. The summed E-state index contributed by atoms with van der Waals surface area (Å²) in [4.78, 5) is 9.80. The van der Waals surface area contributed by atoms with E-state index in [2.05, 4.69) is 4.74 Å². The van der Waals surface area contributed by atoms with Crippen molar-refractivity contribution >= 4 is 5.69 Å². The number of halogens is 2. The van der Waals surface area contributed by atoms with Crippen molar-refractivity contribution in [2.75, 3.05) is 0 Å². The summed E-state index contributed by atoms with van der Waals surface area (Å²) >= 11 is 0. The van der Waals surface area contributed by atoms with Crippen LogP contribution in [0.1, 0.15) is 13.8 Å². The maximum Gasteiger partial charge on any atom is 0.387 e. The minimum absolute atomic E-state index is 0.0471. The van der Waals surface area contributed by atoms with Gasteiger partial charge in [-0.05, 0) is 19.9 Å². The van der Waals surface area contributed by atoms with Gasteiger partial charge in [0, 0.05) is 6.07 Å². The third-order valence-corrected chi connectivity index (χ3v) is 1.72. The smallest absolute Gasteiger partial charge is 0.387 e. The lowest BCUT2D eigenvalue weighted by molar-refractivity contribution is -0.385. The third-order valence-electron chi connectivity index (χ3n) is 1.72. The van der Waals surface area contributed by atoms with Crippen LogP contribution in [0.2, 0.25) is 0 Å². The molecule has 0 unspecified atom stereocenters. The van der Waals surface area contributed by atoms with Crippen molar-refractivity contribution in [2.45, 2.75) is 26.6 Å². The summed E-state index contributed by atoms with van der Waals surface area (Å²) in [5.41, 5.74) is -0.336. The van der Waals surface area contributed by atoms with Crippen molar-refractivity contribution in [1.29, 1.82) is 0 Å². The van der Waals surface area contributed by atoms with Crippen LogP contribution >= 0.6 is 0 Å². The van der Waals surface area contributed by atoms with Gasteiger partial charge in [0.15, 0.2) is 11.5 Å². The van der Waals surface area contributed by atoms with Gasteiger partial charge in [-0.1, -0.05) is 0 Å². The summed E-state index contributed by atoms with van der Waals surface area (Å²) in [5, 5.41) is 10.5. The molecule has 0 saturated carbocycles. The molecule has 0 radical (unpaired) electrons. The zero-order valence-corrected chi connectivity index (χ0v) is 9.22. The summed E-state index contributed by atoms with van der Waals surface area (Å²) in [6.07, 6.45) is -0.253. The van der Waals surface area contributed by atoms with Gasteiger partial charge >= 0.3 is 6.61 Å².